The summed E-state index contributed by atoms with van der Waals surface area (Å²) in [6.45, 7) is 7.43. The fourth-order valence-corrected chi connectivity index (χ4v) is 0.665. The molecule has 0 atom stereocenters. The molecule has 0 aromatic rings. The van der Waals surface area contributed by atoms with Crippen LogP contribution in [-0.4, -0.2) is 19.2 Å². The summed E-state index contributed by atoms with van der Waals surface area (Å²) in [4.78, 5) is 10.9. The zero-order valence-electron chi connectivity index (χ0n) is 8.22. The van der Waals surface area contributed by atoms with E-state index in [0.29, 0.717) is 19.1 Å². The highest BCUT2D eigenvalue weighted by atomic mass is 16.5. The van der Waals surface area contributed by atoms with Crippen molar-refractivity contribution in [3.63, 3.8) is 0 Å². The molecular formula is C9H21NO2. The van der Waals surface area contributed by atoms with E-state index in [9.17, 15) is 4.79 Å². The fourth-order valence-electron chi connectivity index (χ4n) is 0.665. The number of alkyl carbamates (subject to hydrolysis) is 1. The van der Waals surface area contributed by atoms with Crippen LogP contribution in [0.3, 0.4) is 0 Å². The smallest absolute Gasteiger partial charge is 0.407 e. The molecule has 0 saturated carbocycles. The second-order valence-corrected chi connectivity index (χ2v) is 3.25. The van der Waals surface area contributed by atoms with Gasteiger partial charge in [-0.25, -0.2) is 4.79 Å². The Balaban J connectivity index is 0. The third-order valence-electron chi connectivity index (χ3n) is 1.45. The summed E-state index contributed by atoms with van der Waals surface area (Å²) in [5.41, 5.74) is 0. The lowest BCUT2D eigenvalue weighted by atomic mass is 10.1. The maximum atomic E-state index is 10.9. The highest BCUT2D eigenvalue weighted by Gasteiger charge is 2.00. The van der Waals surface area contributed by atoms with Crippen molar-refractivity contribution >= 4 is 6.09 Å². The zero-order chi connectivity index (χ0) is 9.40. The molecule has 0 saturated heterocycles. The number of amides is 1. The Bertz CT molecular complexity index is 129. The van der Waals surface area contributed by atoms with Gasteiger partial charge >= 0.3 is 6.09 Å². The van der Waals surface area contributed by atoms with E-state index >= 15 is 0 Å². The van der Waals surface area contributed by atoms with Crippen molar-refractivity contribution in [3.8, 4) is 0 Å². The van der Waals surface area contributed by atoms with E-state index in [1.807, 2.05) is 6.92 Å². The topological polar surface area (TPSA) is 38.3 Å². The second-order valence-electron chi connectivity index (χ2n) is 3.25. The van der Waals surface area contributed by atoms with Gasteiger partial charge in [-0.2, -0.15) is 0 Å². The minimum absolute atomic E-state index is 0. The minimum Gasteiger partial charge on any atom is -0.450 e. The SMILES string of the molecule is CCCNC(=O)OCCC(C)C.[HH]. The fraction of sp³-hybridized carbons (Fsp3) is 0.889. The molecule has 3 nitrogen and oxygen atoms in total. The third kappa shape index (κ3) is 7.38. The Kier molecular flexibility index (Phi) is 6.53. The molecule has 0 spiro atoms. The quantitative estimate of drug-likeness (QED) is 0.696. The van der Waals surface area contributed by atoms with Gasteiger partial charge < -0.3 is 10.1 Å². The maximum absolute atomic E-state index is 10.9. The van der Waals surface area contributed by atoms with Crippen LogP contribution in [0.5, 0.6) is 0 Å². The molecule has 0 aliphatic rings. The van der Waals surface area contributed by atoms with Crippen molar-refractivity contribution in [3.05, 3.63) is 0 Å². The average Bonchev–Trinajstić information content (AvgIpc) is 2.00. The molecule has 3 heteroatoms. The molecule has 1 amide bonds. The van der Waals surface area contributed by atoms with Gasteiger partial charge in [0.05, 0.1) is 6.61 Å². The van der Waals surface area contributed by atoms with Gasteiger partial charge in [-0.1, -0.05) is 20.8 Å². The van der Waals surface area contributed by atoms with E-state index in [4.69, 9.17) is 4.74 Å². The first-order chi connectivity index (χ1) is 5.66. The van der Waals surface area contributed by atoms with Crippen LogP contribution in [0.2, 0.25) is 0 Å². The number of hydrogen-bond donors (Lipinski definition) is 1. The molecule has 0 bridgehead atoms. The van der Waals surface area contributed by atoms with Crippen molar-refractivity contribution in [2.75, 3.05) is 13.2 Å². The van der Waals surface area contributed by atoms with Gasteiger partial charge in [-0.3, -0.25) is 0 Å². The Labute approximate surface area is 76.0 Å². The van der Waals surface area contributed by atoms with Gasteiger partial charge in [0.1, 0.15) is 0 Å². The van der Waals surface area contributed by atoms with Crippen molar-refractivity contribution in [2.45, 2.75) is 33.6 Å². The predicted molar refractivity (Wildman–Crippen MR) is 51.2 cm³/mol. The normalized spacial score (nSPS) is 10.0. The highest BCUT2D eigenvalue weighted by molar-refractivity contribution is 5.66. The van der Waals surface area contributed by atoms with E-state index in [-0.39, 0.29) is 7.52 Å². The molecule has 0 radical (unpaired) electrons. The lowest BCUT2D eigenvalue weighted by Gasteiger charge is -2.07. The van der Waals surface area contributed by atoms with Crippen LogP contribution in [-0.2, 0) is 4.74 Å². The molecule has 0 aliphatic heterocycles. The average molecular weight is 175 g/mol. The third-order valence-corrected chi connectivity index (χ3v) is 1.45. The van der Waals surface area contributed by atoms with Crippen molar-refractivity contribution < 1.29 is 11.0 Å². The largest absolute Gasteiger partial charge is 0.450 e. The van der Waals surface area contributed by atoms with Gasteiger partial charge in [-0.05, 0) is 18.8 Å². The van der Waals surface area contributed by atoms with Crippen LogP contribution < -0.4 is 5.32 Å². The van der Waals surface area contributed by atoms with Crippen molar-refractivity contribution in [2.24, 2.45) is 5.92 Å². The summed E-state index contributed by atoms with van der Waals surface area (Å²) < 4.78 is 4.90. The molecule has 12 heavy (non-hydrogen) atoms. The van der Waals surface area contributed by atoms with Gasteiger partial charge in [0.2, 0.25) is 0 Å². The van der Waals surface area contributed by atoms with Crippen LogP contribution >= 0.6 is 0 Å². The van der Waals surface area contributed by atoms with Crippen molar-refractivity contribution in [1.29, 1.82) is 0 Å². The van der Waals surface area contributed by atoms with E-state index in [0.717, 1.165) is 12.8 Å². The summed E-state index contributed by atoms with van der Waals surface area (Å²) in [5.74, 6) is 0.587. The molecule has 0 aromatic carbocycles. The summed E-state index contributed by atoms with van der Waals surface area (Å²) in [6, 6.07) is 0. The van der Waals surface area contributed by atoms with E-state index in [1.165, 1.54) is 0 Å². The van der Waals surface area contributed by atoms with Gasteiger partial charge in [0, 0.05) is 7.97 Å². The molecular weight excluding hydrogens is 154 g/mol. The van der Waals surface area contributed by atoms with Crippen LogP contribution in [0.25, 0.3) is 0 Å². The molecule has 0 heterocycles. The lowest BCUT2D eigenvalue weighted by Crippen LogP contribution is -2.25. The molecule has 0 aliphatic carbocycles. The second kappa shape index (κ2) is 6.95. The number of nitrogens with one attached hydrogen (secondary N) is 1. The van der Waals surface area contributed by atoms with E-state index in [2.05, 4.69) is 19.2 Å². The molecule has 0 unspecified atom stereocenters. The predicted octanol–water partition coefficient (Wildman–Crippen LogP) is 2.41. The molecule has 0 rings (SSSR count). The number of ether oxygens (including phenoxy) is 1. The zero-order valence-corrected chi connectivity index (χ0v) is 8.22. The standard InChI is InChI=1S/C9H19NO2.H2/c1-4-6-10-9(11)12-7-5-8(2)3;/h8H,4-7H2,1-3H3,(H,10,11);1H. The first-order valence-electron chi connectivity index (χ1n) is 4.57. The number of rotatable bonds is 5. The lowest BCUT2D eigenvalue weighted by molar-refractivity contribution is 0.140. The number of carbonyl (C=O) groups is 1. The van der Waals surface area contributed by atoms with Crippen molar-refractivity contribution in [1.82, 2.24) is 5.32 Å². The highest BCUT2D eigenvalue weighted by Crippen LogP contribution is 1.98. The Hall–Kier alpha value is -0.730. The number of carbonyl (C=O) groups excluding carboxylic acids is 1. The Morgan fingerprint density at radius 1 is 1.58 bits per heavy atom. The van der Waals surface area contributed by atoms with Crippen LogP contribution in [0, 0.1) is 5.92 Å². The van der Waals surface area contributed by atoms with Crippen LogP contribution in [0.1, 0.15) is 35.0 Å². The first-order valence-corrected chi connectivity index (χ1v) is 4.57. The first kappa shape index (κ1) is 11.3. The van der Waals surface area contributed by atoms with Crippen LogP contribution in [0.4, 0.5) is 4.79 Å². The van der Waals surface area contributed by atoms with E-state index in [1.54, 1.807) is 0 Å². The minimum atomic E-state index is -0.294. The van der Waals surface area contributed by atoms with Gasteiger partial charge in [0.15, 0.2) is 0 Å². The molecule has 0 fully saturated rings. The summed E-state index contributed by atoms with van der Waals surface area (Å²) in [7, 11) is 0. The van der Waals surface area contributed by atoms with E-state index < -0.39 is 0 Å². The molecule has 74 valence electrons. The monoisotopic (exact) mass is 175 g/mol. The Morgan fingerprint density at radius 3 is 2.75 bits per heavy atom. The summed E-state index contributed by atoms with van der Waals surface area (Å²) in [6.07, 6.45) is 1.58. The van der Waals surface area contributed by atoms with Gasteiger partial charge in [-0.15, -0.1) is 0 Å². The van der Waals surface area contributed by atoms with Crippen LogP contribution in [0.15, 0.2) is 0 Å². The summed E-state index contributed by atoms with van der Waals surface area (Å²) in [5, 5.41) is 2.64. The number of hydrogen-bond acceptors (Lipinski definition) is 2. The van der Waals surface area contributed by atoms with Gasteiger partial charge in [0.25, 0.3) is 0 Å². The molecule has 0 aromatic heterocycles. The maximum Gasteiger partial charge on any atom is 0.407 e. The Morgan fingerprint density at radius 2 is 2.25 bits per heavy atom. The summed E-state index contributed by atoms with van der Waals surface area (Å²) >= 11 is 0. The molecule has 1 N–H and O–H groups in total.